The molecule has 102 valence electrons. The lowest BCUT2D eigenvalue weighted by atomic mass is 10.2. The van der Waals surface area contributed by atoms with Crippen LogP contribution in [0.5, 0.6) is 0 Å². The summed E-state index contributed by atoms with van der Waals surface area (Å²) < 4.78 is 19.9. The summed E-state index contributed by atoms with van der Waals surface area (Å²) in [6, 6.07) is 4.47. The summed E-state index contributed by atoms with van der Waals surface area (Å²) >= 11 is 5.80. The number of ether oxygens (including phenoxy) is 1. The molecule has 1 N–H and O–H groups in total. The van der Waals surface area contributed by atoms with Gasteiger partial charge in [-0.05, 0) is 23.8 Å². The van der Waals surface area contributed by atoms with Crippen LogP contribution in [0.15, 0.2) is 30.6 Å². The predicted molar refractivity (Wildman–Crippen MR) is 72.8 cm³/mol. The van der Waals surface area contributed by atoms with Gasteiger partial charge in [0.05, 0.1) is 25.0 Å². The molecule has 0 atom stereocenters. The van der Waals surface area contributed by atoms with Crippen LogP contribution in [0.3, 0.4) is 0 Å². The van der Waals surface area contributed by atoms with Gasteiger partial charge in [-0.1, -0.05) is 11.6 Å². The molecule has 0 spiro atoms. The number of methoxy groups -OCH3 is 1. The fraction of sp³-hybridized carbons (Fsp3) is 0.308. The molecule has 0 aliphatic heterocycles. The molecular formula is C13H15ClFN3O. The van der Waals surface area contributed by atoms with Crippen LogP contribution in [0.2, 0.25) is 5.02 Å². The van der Waals surface area contributed by atoms with Crippen LogP contribution in [-0.4, -0.2) is 23.5 Å². The molecule has 0 saturated heterocycles. The Morgan fingerprint density at radius 2 is 2.26 bits per heavy atom. The highest BCUT2D eigenvalue weighted by atomic mass is 35.5. The number of hydrogen-bond acceptors (Lipinski definition) is 3. The molecule has 0 aliphatic carbocycles. The lowest BCUT2D eigenvalue weighted by Gasteiger charge is -2.04. The third kappa shape index (κ3) is 4.22. The van der Waals surface area contributed by atoms with Crippen LogP contribution in [0.1, 0.15) is 5.56 Å². The van der Waals surface area contributed by atoms with E-state index in [4.69, 9.17) is 16.3 Å². The SMILES string of the molecule is COCCn1cc(NCc2cc(F)cc(Cl)c2)cn1. The van der Waals surface area contributed by atoms with Crippen molar-refractivity contribution in [3.05, 3.63) is 47.0 Å². The van der Waals surface area contributed by atoms with Crippen molar-refractivity contribution in [2.75, 3.05) is 19.0 Å². The monoisotopic (exact) mass is 283 g/mol. The lowest BCUT2D eigenvalue weighted by Crippen LogP contribution is -2.04. The Kier molecular flexibility index (Phi) is 4.76. The molecule has 2 aromatic rings. The zero-order chi connectivity index (χ0) is 13.7. The van der Waals surface area contributed by atoms with Crippen molar-refractivity contribution in [2.45, 2.75) is 13.1 Å². The number of rotatable bonds is 6. The molecule has 1 heterocycles. The van der Waals surface area contributed by atoms with E-state index < -0.39 is 0 Å². The Labute approximate surface area is 116 Å². The summed E-state index contributed by atoms with van der Waals surface area (Å²) in [5.41, 5.74) is 1.66. The Morgan fingerprint density at radius 1 is 1.42 bits per heavy atom. The second kappa shape index (κ2) is 6.54. The molecule has 4 nitrogen and oxygen atoms in total. The van der Waals surface area contributed by atoms with E-state index in [1.54, 1.807) is 24.1 Å². The third-order valence-electron chi connectivity index (χ3n) is 2.58. The average Bonchev–Trinajstić information content (AvgIpc) is 2.81. The van der Waals surface area contributed by atoms with Gasteiger partial charge in [0.15, 0.2) is 0 Å². The highest BCUT2D eigenvalue weighted by Gasteiger charge is 2.01. The van der Waals surface area contributed by atoms with Crippen LogP contribution >= 0.6 is 11.6 Å². The molecule has 6 heteroatoms. The summed E-state index contributed by atoms with van der Waals surface area (Å²) in [7, 11) is 1.65. The molecule has 2 rings (SSSR count). The summed E-state index contributed by atoms with van der Waals surface area (Å²) in [6.07, 6.45) is 3.59. The molecule has 0 bridgehead atoms. The minimum absolute atomic E-state index is 0.333. The smallest absolute Gasteiger partial charge is 0.125 e. The van der Waals surface area contributed by atoms with Crippen LogP contribution < -0.4 is 5.32 Å². The number of benzene rings is 1. The predicted octanol–water partition coefficient (Wildman–Crippen LogP) is 2.93. The third-order valence-corrected chi connectivity index (χ3v) is 2.79. The molecule has 0 fully saturated rings. The molecule has 19 heavy (non-hydrogen) atoms. The van der Waals surface area contributed by atoms with E-state index >= 15 is 0 Å². The maximum absolute atomic E-state index is 13.2. The van der Waals surface area contributed by atoms with E-state index in [1.807, 2.05) is 6.20 Å². The van der Waals surface area contributed by atoms with Crippen LogP contribution in [0.4, 0.5) is 10.1 Å². The van der Waals surface area contributed by atoms with Gasteiger partial charge in [-0.3, -0.25) is 4.68 Å². The molecule has 1 aromatic carbocycles. The van der Waals surface area contributed by atoms with Gasteiger partial charge in [0, 0.05) is 24.9 Å². The Hall–Kier alpha value is -1.59. The Balaban J connectivity index is 1.92. The van der Waals surface area contributed by atoms with Crippen LogP contribution in [0.25, 0.3) is 0 Å². The fourth-order valence-electron chi connectivity index (χ4n) is 1.68. The van der Waals surface area contributed by atoms with Crippen molar-refractivity contribution in [3.63, 3.8) is 0 Å². The summed E-state index contributed by atoms with van der Waals surface area (Å²) in [5.74, 6) is -0.333. The molecule has 0 unspecified atom stereocenters. The van der Waals surface area contributed by atoms with Gasteiger partial charge < -0.3 is 10.1 Å². The Morgan fingerprint density at radius 3 is 3.00 bits per heavy atom. The van der Waals surface area contributed by atoms with Gasteiger partial charge in [0.2, 0.25) is 0 Å². The maximum Gasteiger partial charge on any atom is 0.125 e. The first-order valence-corrected chi connectivity index (χ1v) is 6.25. The molecule has 1 aromatic heterocycles. The largest absolute Gasteiger partial charge is 0.383 e. The number of halogens is 2. The number of anilines is 1. The summed E-state index contributed by atoms with van der Waals surface area (Å²) in [4.78, 5) is 0. The number of nitrogens with zero attached hydrogens (tertiary/aromatic N) is 2. The first-order valence-electron chi connectivity index (χ1n) is 5.87. The van der Waals surface area contributed by atoms with E-state index in [1.165, 1.54) is 12.1 Å². The minimum Gasteiger partial charge on any atom is -0.383 e. The van der Waals surface area contributed by atoms with Crippen molar-refractivity contribution in [1.82, 2.24) is 9.78 Å². The maximum atomic E-state index is 13.2. The van der Waals surface area contributed by atoms with Crippen LogP contribution in [-0.2, 0) is 17.8 Å². The minimum atomic E-state index is -0.333. The van der Waals surface area contributed by atoms with Crippen molar-refractivity contribution in [2.24, 2.45) is 0 Å². The lowest BCUT2D eigenvalue weighted by molar-refractivity contribution is 0.183. The van der Waals surface area contributed by atoms with Gasteiger partial charge in [0.1, 0.15) is 5.82 Å². The number of aromatic nitrogens is 2. The number of nitrogens with one attached hydrogen (secondary N) is 1. The first-order chi connectivity index (χ1) is 9.17. The second-order valence-corrected chi connectivity index (χ2v) is 4.55. The highest BCUT2D eigenvalue weighted by molar-refractivity contribution is 6.30. The van der Waals surface area contributed by atoms with E-state index in [0.717, 1.165) is 11.3 Å². The standard InChI is InChI=1S/C13H15ClFN3O/c1-19-3-2-18-9-13(8-17-18)16-7-10-4-11(14)6-12(15)5-10/h4-6,8-9,16H,2-3,7H2,1H3. The Bertz CT molecular complexity index is 524. The normalized spacial score (nSPS) is 10.7. The molecule has 0 radical (unpaired) electrons. The molecule has 0 amide bonds. The van der Waals surface area contributed by atoms with Crippen molar-refractivity contribution in [1.29, 1.82) is 0 Å². The zero-order valence-electron chi connectivity index (χ0n) is 10.6. The molecule has 0 saturated carbocycles. The van der Waals surface area contributed by atoms with E-state index in [-0.39, 0.29) is 5.82 Å². The average molecular weight is 284 g/mol. The fourth-order valence-corrected chi connectivity index (χ4v) is 1.92. The van der Waals surface area contributed by atoms with E-state index in [2.05, 4.69) is 10.4 Å². The highest BCUT2D eigenvalue weighted by Crippen LogP contribution is 2.15. The van der Waals surface area contributed by atoms with Gasteiger partial charge in [-0.25, -0.2) is 4.39 Å². The van der Waals surface area contributed by atoms with Crippen molar-refractivity contribution in [3.8, 4) is 0 Å². The molecular weight excluding hydrogens is 269 g/mol. The van der Waals surface area contributed by atoms with Gasteiger partial charge in [0.25, 0.3) is 0 Å². The zero-order valence-corrected chi connectivity index (χ0v) is 11.3. The first kappa shape index (κ1) is 13.8. The molecule has 0 aliphatic rings. The van der Waals surface area contributed by atoms with Crippen molar-refractivity contribution < 1.29 is 9.13 Å². The quantitative estimate of drug-likeness (QED) is 0.886. The van der Waals surface area contributed by atoms with Crippen molar-refractivity contribution >= 4 is 17.3 Å². The van der Waals surface area contributed by atoms with Gasteiger partial charge >= 0.3 is 0 Å². The van der Waals surface area contributed by atoms with Gasteiger partial charge in [-0.2, -0.15) is 5.10 Å². The summed E-state index contributed by atoms with van der Waals surface area (Å²) in [5, 5.41) is 7.73. The van der Waals surface area contributed by atoms with Crippen LogP contribution in [0, 0.1) is 5.82 Å². The topological polar surface area (TPSA) is 39.1 Å². The van der Waals surface area contributed by atoms with Gasteiger partial charge in [-0.15, -0.1) is 0 Å². The van der Waals surface area contributed by atoms with E-state index in [0.29, 0.717) is 24.7 Å². The summed E-state index contributed by atoms with van der Waals surface area (Å²) in [6.45, 7) is 1.80. The number of hydrogen-bond donors (Lipinski definition) is 1. The second-order valence-electron chi connectivity index (χ2n) is 4.12. The van der Waals surface area contributed by atoms with E-state index in [9.17, 15) is 4.39 Å².